The smallest absolute Gasteiger partial charge is 0.225 e. The van der Waals surface area contributed by atoms with Crippen molar-refractivity contribution in [3.05, 3.63) is 0 Å². The summed E-state index contributed by atoms with van der Waals surface area (Å²) in [5.74, 6) is 0.986. The number of rotatable bonds is 2. The number of amides is 1. The van der Waals surface area contributed by atoms with Gasteiger partial charge in [0.15, 0.2) is 0 Å². The van der Waals surface area contributed by atoms with Crippen molar-refractivity contribution in [3.8, 4) is 0 Å². The van der Waals surface area contributed by atoms with Crippen molar-refractivity contribution in [1.82, 2.24) is 9.21 Å². The predicted molar refractivity (Wildman–Crippen MR) is 78.2 cm³/mol. The van der Waals surface area contributed by atoms with Crippen LogP contribution in [-0.4, -0.2) is 68.2 Å². The molecule has 6 nitrogen and oxygen atoms in total. The molecule has 1 amide bonds. The monoisotopic (exact) mass is 316 g/mol. The second-order valence-electron chi connectivity index (χ2n) is 6.70. The summed E-state index contributed by atoms with van der Waals surface area (Å²) in [6.45, 7) is 4.16. The zero-order valence-electron chi connectivity index (χ0n) is 12.7. The van der Waals surface area contributed by atoms with Crippen LogP contribution < -0.4 is 0 Å². The van der Waals surface area contributed by atoms with Crippen LogP contribution in [0.3, 0.4) is 0 Å². The molecular formula is C14H24N2O4S. The van der Waals surface area contributed by atoms with Gasteiger partial charge in [0.2, 0.25) is 15.9 Å². The Kier molecular flexibility index (Phi) is 4.00. The zero-order chi connectivity index (χ0) is 15.2. The van der Waals surface area contributed by atoms with Crippen molar-refractivity contribution in [2.24, 2.45) is 11.8 Å². The highest BCUT2D eigenvalue weighted by Crippen LogP contribution is 2.35. The molecule has 120 valence electrons. The minimum Gasteiger partial charge on any atom is -0.375 e. The molecule has 2 heterocycles. The van der Waals surface area contributed by atoms with Gasteiger partial charge in [0.25, 0.3) is 0 Å². The van der Waals surface area contributed by atoms with Gasteiger partial charge in [-0.1, -0.05) is 6.92 Å². The quantitative estimate of drug-likeness (QED) is 0.734. The first-order valence-corrected chi connectivity index (χ1v) is 9.58. The number of fused-ring (bicyclic) bond motifs is 1. The number of hydrogen-bond acceptors (Lipinski definition) is 4. The van der Waals surface area contributed by atoms with Crippen LogP contribution in [0.25, 0.3) is 0 Å². The first kappa shape index (κ1) is 15.2. The highest BCUT2D eigenvalue weighted by Gasteiger charge is 2.44. The van der Waals surface area contributed by atoms with Gasteiger partial charge in [0.05, 0.1) is 25.0 Å². The molecule has 1 saturated carbocycles. The van der Waals surface area contributed by atoms with Crippen LogP contribution in [0.1, 0.15) is 26.2 Å². The van der Waals surface area contributed by atoms with E-state index in [0.717, 1.165) is 19.3 Å². The summed E-state index contributed by atoms with van der Waals surface area (Å²) in [4.78, 5) is 14.3. The highest BCUT2D eigenvalue weighted by atomic mass is 32.2. The lowest BCUT2D eigenvalue weighted by Gasteiger charge is -2.47. The molecule has 0 bridgehead atoms. The number of carbonyl (C=O) groups is 1. The number of piperidine rings is 1. The Labute approximate surface area is 126 Å². The van der Waals surface area contributed by atoms with Gasteiger partial charge in [-0.2, -0.15) is 4.31 Å². The maximum atomic E-state index is 12.5. The number of nitrogens with zero attached hydrogens (tertiary/aromatic N) is 2. The van der Waals surface area contributed by atoms with Gasteiger partial charge in [-0.25, -0.2) is 8.42 Å². The van der Waals surface area contributed by atoms with Crippen LogP contribution in [0, 0.1) is 11.8 Å². The fourth-order valence-electron chi connectivity index (χ4n) is 3.82. The number of likely N-dealkylation sites (tertiary alicyclic amines) is 1. The molecule has 2 saturated heterocycles. The summed E-state index contributed by atoms with van der Waals surface area (Å²) in [5.41, 5.74) is 0. The van der Waals surface area contributed by atoms with Crippen molar-refractivity contribution < 1.29 is 17.9 Å². The maximum absolute atomic E-state index is 12.5. The summed E-state index contributed by atoms with van der Waals surface area (Å²) >= 11 is 0. The predicted octanol–water partition coefficient (Wildman–Crippen LogP) is 0.294. The van der Waals surface area contributed by atoms with Crippen molar-refractivity contribution in [2.75, 3.05) is 32.5 Å². The topological polar surface area (TPSA) is 66.9 Å². The van der Waals surface area contributed by atoms with Crippen molar-refractivity contribution in [1.29, 1.82) is 0 Å². The second-order valence-corrected chi connectivity index (χ2v) is 8.63. The fourth-order valence-corrected chi connectivity index (χ4v) is 4.92. The molecule has 0 aromatic heterocycles. The summed E-state index contributed by atoms with van der Waals surface area (Å²) in [5, 5.41) is 0. The summed E-state index contributed by atoms with van der Waals surface area (Å²) in [6, 6.07) is -0.219. The van der Waals surface area contributed by atoms with Crippen LogP contribution >= 0.6 is 0 Å². The van der Waals surface area contributed by atoms with Crippen LogP contribution in [0.15, 0.2) is 0 Å². The Morgan fingerprint density at radius 1 is 1.24 bits per heavy atom. The van der Waals surface area contributed by atoms with Crippen LogP contribution in [0.5, 0.6) is 0 Å². The molecule has 3 aliphatic rings. The van der Waals surface area contributed by atoms with Crippen molar-refractivity contribution in [3.63, 3.8) is 0 Å². The molecule has 0 N–H and O–H groups in total. The van der Waals surface area contributed by atoms with E-state index in [0.29, 0.717) is 32.2 Å². The Hall–Kier alpha value is -0.660. The lowest BCUT2D eigenvalue weighted by atomic mass is 9.75. The van der Waals surface area contributed by atoms with E-state index < -0.39 is 10.0 Å². The van der Waals surface area contributed by atoms with Crippen LogP contribution in [-0.2, 0) is 19.6 Å². The third-order valence-electron chi connectivity index (χ3n) is 4.99. The first-order valence-electron chi connectivity index (χ1n) is 7.73. The Balaban J connectivity index is 1.70. The van der Waals surface area contributed by atoms with E-state index in [9.17, 15) is 13.2 Å². The fraction of sp³-hybridized carbons (Fsp3) is 0.929. The molecule has 3 fully saturated rings. The molecule has 0 aromatic rings. The summed E-state index contributed by atoms with van der Waals surface area (Å²) in [6.07, 6.45) is 3.83. The molecule has 2 atom stereocenters. The van der Waals surface area contributed by atoms with Gasteiger partial charge >= 0.3 is 0 Å². The van der Waals surface area contributed by atoms with Gasteiger partial charge in [-0.15, -0.1) is 0 Å². The van der Waals surface area contributed by atoms with Gasteiger partial charge in [0.1, 0.15) is 0 Å². The minimum absolute atomic E-state index is 0.0714. The van der Waals surface area contributed by atoms with Crippen molar-refractivity contribution >= 4 is 15.9 Å². The van der Waals surface area contributed by atoms with E-state index in [4.69, 9.17) is 4.74 Å². The molecule has 0 aromatic carbocycles. The summed E-state index contributed by atoms with van der Waals surface area (Å²) in [7, 11) is -3.25. The number of carbonyl (C=O) groups excluding carboxylic acids is 1. The van der Waals surface area contributed by atoms with Crippen LogP contribution in [0.4, 0.5) is 0 Å². The van der Waals surface area contributed by atoms with E-state index in [1.54, 1.807) is 0 Å². The SMILES string of the molecule is CC1CC(C(=O)N2CC[C@@H]3OCCN(S(C)(=O)=O)[C@H]3C2)C1. The summed E-state index contributed by atoms with van der Waals surface area (Å²) < 4.78 is 31.1. The Morgan fingerprint density at radius 2 is 1.95 bits per heavy atom. The highest BCUT2D eigenvalue weighted by molar-refractivity contribution is 7.88. The van der Waals surface area contributed by atoms with Gasteiger partial charge in [0, 0.05) is 25.6 Å². The van der Waals surface area contributed by atoms with E-state index in [2.05, 4.69) is 6.92 Å². The number of hydrogen-bond donors (Lipinski definition) is 0. The normalized spacial score (nSPS) is 37.7. The van der Waals surface area contributed by atoms with E-state index >= 15 is 0 Å². The molecule has 0 spiro atoms. The lowest BCUT2D eigenvalue weighted by Crippen LogP contribution is -2.62. The molecule has 0 radical (unpaired) electrons. The molecule has 21 heavy (non-hydrogen) atoms. The molecule has 2 aliphatic heterocycles. The van der Waals surface area contributed by atoms with Gasteiger partial charge < -0.3 is 9.64 Å². The number of morpholine rings is 1. The largest absolute Gasteiger partial charge is 0.375 e. The first-order chi connectivity index (χ1) is 9.86. The van der Waals surface area contributed by atoms with Crippen molar-refractivity contribution in [2.45, 2.75) is 38.3 Å². The molecular weight excluding hydrogens is 292 g/mol. The molecule has 3 rings (SSSR count). The lowest BCUT2D eigenvalue weighted by molar-refractivity contribution is -0.147. The van der Waals surface area contributed by atoms with E-state index in [1.165, 1.54) is 10.6 Å². The zero-order valence-corrected chi connectivity index (χ0v) is 13.5. The molecule has 1 aliphatic carbocycles. The Morgan fingerprint density at radius 3 is 2.57 bits per heavy atom. The average molecular weight is 316 g/mol. The molecule has 0 unspecified atom stereocenters. The average Bonchev–Trinajstić information content (AvgIpc) is 2.41. The third kappa shape index (κ3) is 2.96. The van der Waals surface area contributed by atoms with E-state index in [1.807, 2.05) is 4.90 Å². The number of sulfonamides is 1. The standard InChI is InChI=1S/C14H24N2O4S/c1-10-7-11(8-10)14(17)15-4-3-13-12(9-15)16(5-6-20-13)21(2,18)19/h10-13H,3-9H2,1-2H3/t10?,11?,12-,13-/m0/s1. The minimum atomic E-state index is -3.25. The third-order valence-corrected chi connectivity index (χ3v) is 6.30. The molecule has 7 heteroatoms. The number of ether oxygens (including phenoxy) is 1. The Bertz CT molecular complexity index is 515. The van der Waals surface area contributed by atoms with Crippen LogP contribution in [0.2, 0.25) is 0 Å². The van der Waals surface area contributed by atoms with Gasteiger partial charge in [-0.3, -0.25) is 4.79 Å². The van der Waals surface area contributed by atoms with Gasteiger partial charge in [-0.05, 0) is 25.2 Å². The second kappa shape index (κ2) is 5.52. The maximum Gasteiger partial charge on any atom is 0.225 e. The van der Waals surface area contributed by atoms with E-state index in [-0.39, 0.29) is 24.0 Å².